The molecule has 1 heterocycles. The fraction of sp³-hybridized carbons (Fsp3) is 0.429. The van der Waals surface area contributed by atoms with Crippen LogP contribution in [-0.2, 0) is 4.79 Å². The molecular formula is C7H12N4O. The molecule has 5 heteroatoms. The summed E-state index contributed by atoms with van der Waals surface area (Å²) < 4.78 is 1.57. The van der Waals surface area contributed by atoms with Crippen LogP contribution in [0.2, 0.25) is 0 Å². The highest BCUT2D eigenvalue weighted by Crippen LogP contribution is 2.04. The number of hydrazine groups is 1. The molecule has 12 heavy (non-hydrogen) atoms. The van der Waals surface area contributed by atoms with E-state index < -0.39 is 0 Å². The van der Waals surface area contributed by atoms with Gasteiger partial charge in [0.1, 0.15) is 6.04 Å². The van der Waals surface area contributed by atoms with Gasteiger partial charge in [-0.2, -0.15) is 5.10 Å². The molecule has 0 saturated heterocycles. The van der Waals surface area contributed by atoms with Crippen molar-refractivity contribution in [2.24, 2.45) is 5.84 Å². The first-order valence-corrected chi connectivity index (χ1v) is 3.67. The molecule has 5 nitrogen and oxygen atoms in total. The third kappa shape index (κ3) is 1.62. The molecule has 1 atom stereocenters. The molecule has 1 amide bonds. The number of nitrogens with two attached hydrogens (primary N) is 1. The average Bonchev–Trinajstić information content (AvgIpc) is 2.49. The summed E-state index contributed by atoms with van der Waals surface area (Å²) in [6.07, 6.45) is 1.75. The van der Waals surface area contributed by atoms with E-state index in [1.165, 1.54) is 0 Å². The molecule has 0 spiro atoms. The van der Waals surface area contributed by atoms with Crippen molar-refractivity contribution >= 4 is 5.91 Å². The van der Waals surface area contributed by atoms with E-state index in [9.17, 15) is 4.79 Å². The van der Waals surface area contributed by atoms with E-state index in [2.05, 4.69) is 10.5 Å². The summed E-state index contributed by atoms with van der Waals surface area (Å²) in [5.74, 6) is 4.72. The van der Waals surface area contributed by atoms with Crippen LogP contribution in [-0.4, -0.2) is 15.7 Å². The lowest BCUT2D eigenvalue weighted by Gasteiger charge is -2.09. The summed E-state index contributed by atoms with van der Waals surface area (Å²) >= 11 is 0. The maximum atomic E-state index is 11.0. The Morgan fingerprint density at radius 3 is 2.92 bits per heavy atom. The van der Waals surface area contributed by atoms with Crippen molar-refractivity contribution in [3.05, 3.63) is 18.0 Å². The maximum Gasteiger partial charge on any atom is 0.258 e. The third-order valence-electron chi connectivity index (χ3n) is 1.66. The predicted octanol–water partition coefficient (Wildman–Crippen LogP) is -0.258. The number of carbonyl (C=O) groups is 1. The lowest BCUT2D eigenvalue weighted by atomic mass is 10.3. The molecule has 0 aliphatic heterocycles. The molecule has 0 aliphatic carbocycles. The van der Waals surface area contributed by atoms with Crippen LogP contribution < -0.4 is 11.3 Å². The Morgan fingerprint density at radius 2 is 2.50 bits per heavy atom. The number of nitrogens with one attached hydrogen (secondary N) is 1. The molecule has 0 aromatic carbocycles. The zero-order valence-corrected chi connectivity index (χ0v) is 7.11. The van der Waals surface area contributed by atoms with E-state index in [4.69, 9.17) is 5.84 Å². The van der Waals surface area contributed by atoms with Gasteiger partial charge in [0.25, 0.3) is 5.91 Å². The minimum absolute atomic E-state index is 0.252. The van der Waals surface area contributed by atoms with Crippen molar-refractivity contribution < 1.29 is 4.79 Å². The molecule has 0 unspecified atom stereocenters. The van der Waals surface area contributed by atoms with Crippen LogP contribution in [0, 0.1) is 6.92 Å². The number of hydrogen-bond acceptors (Lipinski definition) is 3. The van der Waals surface area contributed by atoms with Gasteiger partial charge in [-0.15, -0.1) is 0 Å². The Labute approximate surface area is 70.5 Å². The van der Waals surface area contributed by atoms with Crippen LogP contribution in [0.1, 0.15) is 18.7 Å². The minimum Gasteiger partial charge on any atom is -0.292 e. The summed E-state index contributed by atoms with van der Waals surface area (Å²) in [6.45, 7) is 3.60. The second-order valence-electron chi connectivity index (χ2n) is 2.62. The van der Waals surface area contributed by atoms with Crippen LogP contribution in [0.3, 0.4) is 0 Å². The molecule has 3 N–H and O–H groups in total. The highest BCUT2D eigenvalue weighted by Gasteiger charge is 2.13. The van der Waals surface area contributed by atoms with Crippen molar-refractivity contribution in [2.75, 3.05) is 0 Å². The number of rotatable bonds is 2. The largest absolute Gasteiger partial charge is 0.292 e. The van der Waals surface area contributed by atoms with Gasteiger partial charge in [0.15, 0.2) is 0 Å². The number of nitrogens with zero attached hydrogens (tertiary/aromatic N) is 2. The van der Waals surface area contributed by atoms with Gasteiger partial charge in [0, 0.05) is 6.20 Å². The van der Waals surface area contributed by atoms with Gasteiger partial charge in [-0.3, -0.25) is 14.9 Å². The number of carbonyl (C=O) groups excluding carboxylic acids is 1. The molecule has 1 rings (SSSR count). The number of aryl methyl sites for hydroxylation is 1. The maximum absolute atomic E-state index is 11.0. The standard InChI is InChI=1S/C7H12N4O/c1-5-3-4-11(10-5)6(2)7(12)9-8/h3-4,6H,8H2,1-2H3,(H,9,12)/t6-/m0/s1. The zero-order chi connectivity index (χ0) is 9.14. The fourth-order valence-electron chi connectivity index (χ4n) is 0.889. The molecule has 0 aliphatic rings. The fourth-order valence-corrected chi connectivity index (χ4v) is 0.889. The summed E-state index contributed by atoms with van der Waals surface area (Å²) in [6, 6.07) is 1.48. The average molecular weight is 168 g/mol. The zero-order valence-electron chi connectivity index (χ0n) is 7.11. The third-order valence-corrected chi connectivity index (χ3v) is 1.66. The lowest BCUT2D eigenvalue weighted by Crippen LogP contribution is -2.36. The van der Waals surface area contributed by atoms with Gasteiger partial charge in [0.2, 0.25) is 0 Å². The Hall–Kier alpha value is -1.36. The highest BCUT2D eigenvalue weighted by molar-refractivity contribution is 5.79. The van der Waals surface area contributed by atoms with Crippen LogP contribution >= 0.6 is 0 Å². The summed E-state index contributed by atoms with van der Waals surface area (Å²) in [7, 11) is 0. The molecular weight excluding hydrogens is 156 g/mol. The Morgan fingerprint density at radius 1 is 1.83 bits per heavy atom. The molecule has 0 fully saturated rings. The Bertz CT molecular complexity index is 281. The SMILES string of the molecule is Cc1ccn([C@@H](C)C(=O)NN)n1. The predicted molar refractivity (Wildman–Crippen MR) is 44.0 cm³/mol. The second-order valence-corrected chi connectivity index (χ2v) is 2.62. The highest BCUT2D eigenvalue weighted by atomic mass is 16.2. The van der Waals surface area contributed by atoms with Crippen LogP contribution in [0.15, 0.2) is 12.3 Å². The van der Waals surface area contributed by atoms with Crippen LogP contribution in [0.25, 0.3) is 0 Å². The number of aromatic nitrogens is 2. The van der Waals surface area contributed by atoms with Crippen molar-refractivity contribution in [3.63, 3.8) is 0 Å². The minimum atomic E-state index is -0.358. The van der Waals surface area contributed by atoms with Gasteiger partial charge in [-0.1, -0.05) is 0 Å². The molecule has 1 aromatic heterocycles. The normalized spacial score (nSPS) is 12.6. The Kier molecular flexibility index (Phi) is 2.44. The first kappa shape index (κ1) is 8.73. The molecule has 0 saturated carbocycles. The summed E-state index contributed by atoms with van der Waals surface area (Å²) in [5, 5.41) is 4.08. The van der Waals surface area contributed by atoms with E-state index in [1.807, 2.05) is 13.0 Å². The van der Waals surface area contributed by atoms with Gasteiger partial charge in [-0.05, 0) is 19.9 Å². The smallest absolute Gasteiger partial charge is 0.258 e. The summed E-state index contributed by atoms with van der Waals surface area (Å²) in [4.78, 5) is 11.0. The lowest BCUT2D eigenvalue weighted by molar-refractivity contribution is -0.124. The van der Waals surface area contributed by atoms with E-state index in [0.717, 1.165) is 5.69 Å². The van der Waals surface area contributed by atoms with E-state index in [1.54, 1.807) is 17.8 Å². The van der Waals surface area contributed by atoms with Gasteiger partial charge in [-0.25, -0.2) is 5.84 Å². The number of amides is 1. The molecule has 66 valence electrons. The van der Waals surface area contributed by atoms with Crippen molar-refractivity contribution in [1.29, 1.82) is 0 Å². The van der Waals surface area contributed by atoms with Gasteiger partial charge in [0.05, 0.1) is 5.69 Å². The second kappa shape index (κ2) is 3.36. The van der Waals surface area contributed by atoms with Crippen LogP contribution in [0.4, 0.5) is 0 Å². The van der Waals surface area contributed by atoms with E-state index in [0.29, 0.717) is 0 Å². The first-order chi connectivity index (χ1) is 5.65. The Balaban J connectivity index is 2.77. The van der Waals surface area contributed by atoms with Gasteiger partial charge >= 0.3 is 0 Å². The summed E-state index contributed by atoms with van der Waals surface area (Å²) in [5.41, 5.74) is 2.95. The van der Waals surface area contributed by atoms with Crippen molar-refractivity contribution in [1.82, 2.24) is 15.2 Å². The molecule has 1 aromatic rings. The molecule has 0 bridgehead atoms. The van der Waals surface area contributed by atoms with Crippen molar-refractivity contribution in [3.8, 4) is 0 Å². The number of hydrogen-bond donors (Lipinski definition) is 2. The monoisotopic (exact) mass is 168 g/mol. The topological polar surface area (TPSA) is 72.9 Å². The van der Waals surface area contributed by atoms with E-state index in [-0.39, 0.29) is 11.9 Å². The first-order valence-electron chi connectivity index (χ1n) is 3.67. The van der Waals surface area contributed by atoms with Gasteiger partial charge < -0.3 is 0 Å². The van der Waals surface area contributed by atoms with E-state index >= 15 is 0 Å². The van der Waals surface area contributed by atoms with Crippen LogP contribution in [0.5, 0.6) is 0 Å². The van der Waals surface area contributed by atoms with Crippen molar-refractivity contribution in [2.45, 2.75) is 19.9 Å². The quantitative estimate of drug-likeness (QED) is 0.363. The molecule has 0 radical (unpaired) electrons.